The Labute approximate surface area is 209 Å². The Morgan fingerprint density at radius 3 is 2.78 bits per heavy atom. The molecule has 16 heteroatoms. The zero-order valence-corrected chi connectivity index (χ0v) is 20.0. The highest BCUT2D eigenvalue weighted by Crippen LogP contribution is 2.36. The van der Waals surface area contributed by atoms with Crippen molar-refractivity contribution >= 4 is 37.0 Å². The minimum atomic E-state index is -5.12. The summed E-state index contributed by atoms with van der Waals surface area (Å²) in [6, 6.07) is 2.98. The molecule has 0 radical (unpaired) electrons. The molecule has 0 unspecified atom stereocenters. The van der Waals surface area contributed by atoms with Gasteiger partial charge < -0.3 is 25.3 Å². The van der Waals surface area contributed by atoms with Crippen molar-refractivity contribution in [2.24, 2.45) is 13.0 Å². The number of pyridine rings is 1. The maximum absolute atomic E-state index is 13.3. The van der Waals surface area contributed by atoms with Crippen molar-refractivity contribution in [3.63, 3.8) is 0 Å². The van der Waals surface area contributed by atoms with Crippen molar-refractivity contribution in [2.45, 2.75) is 19.8 Å². The predicted octanol–water partition coefficient (Wildman–Crippen LogP) is 1.21. The third-order valence-electron chi connectivity index (χ3n) is 5.13. The van der Waals surface area contributed by atoms with Crippen LogP contribution >= 0.6 is 7.82 Å². The molecule has 15 nitrogen and oxygen atoms in total. The Morgan fingerprint density at radius 1 is 1.36 bits per heavy atom. The fourth-order valence-corrected chi connectivity index (χ4v) is 3.40. The SMILES string of the molecule is [2H]C([2H])([2H])N(COP(=O)(O)O)C(=O)c1nnc(NC(=O)C2CC2)cc1Nc1nccc(-c2cnn(C)n2)c1C. The van der Waals surface area contributed by atoms with Gasteiger partial charge in [0.15, 0.2) is 11.5 Å². The molecule has 1 fully saturated rings. The monoisotopic (exact) mass is 520 g/mol. The number of anilines is 3. The molecule has 4 N–H and O–H groups in total. The van der Waals surface area contributed by atoms with Crippen molar-refractivity contribution in [3.05, 3.63) is 35.8 Å². The van der Waals surface area contributed by atoms with E-state index in [-0.39, 0.29) is 34.0 Å². The van der Waals surface area contributed by atoms with Gasteiger partial charge in [-0.1, -0.05) is 0 Å². The van der Waals surface area contributed by atoms with Crippen molar-refractivity contribution < 1.29 is 32.6 Å². The summed E-state index contributed by atoms with van der Waals surface area (Å²) < 4.78 is 38.5. The molecule has 0 bridgehead atoms. The predicted molar refractivity (Wildman–Crippen MR) is 126 cm³/mol. The quantitative estimate of drug-likeness (QED) is 0.233. The number of hydrogen-bond donors (Lipinski definition) is 4. The zero-order chi connectivity index (χ0) is 28.5. The molecule has 0 aliphatic heterocycles. The van der Waals surface area contributed by atoms with Gasteiger partial charge in [0.1, 0.15) is 18.2 Å². The van der Waals surface area contributed by atoms with Crippen molar-refractivity contribution in [1.29, 1.82) is 0 Å². The largest absolute Gasteiger partial charge is 0.471 e. The molecule has 0 aromatic carbocycles. The van der Waals surface area contributed by atoms with Gasteiger partial charge in [-0.05, 0) is 25.8 Å². The molecule has 0 atom stereocenters. The van der Waals surface area contributed by atoms with E-state index in [1.165, 1.54) is 17.1 Å². The number of aryl methyl sites for hydroxylation is 1. The molecule has 190 valence electrons. The van der Waals surface area contributed by atoms with Gasteiger partial charge in [0.05, 0.1) is 11.9 Å². The van der Waals surface area contributed by atoms with Crippen LogP contribution in [0.1, 0.15) is 33.0 Å². The Bertz CT molecular complexity index is 1460. The maximum atomic E-state index is 13.3. The van der Waals surface area contributed by atoms with Gasteiger partial charge in [-0.2, -0.15) is 15.0 Å². The lowest BCUT2D eigenvalue weighted by Gasteiger charge is -2.19. The van der Waals surface area contributed by atoms with Gasteiger partial charge in [0.25, 0.3) is 5.91 Å². The van der Waals surface area contributed by atoms with E-state index >= 15 is 0 Å². The van der Waals surface area contributed by atoms with E-state index in [0.29, 0.717) is 16.8 Å². The third kappa shape index (κ3) is 6.07. The lowest BCUT2D eigenvalue weighted by atomic mass is 10.1. The molecule has 3 aromatic rings. The van der Waals surface area contributed by atoms with Gasteiger partial charge >= 0.3 is 7.82 Å². The molecule has 0 saturated heterocycles. The molecule has 36 heavy (non-hydrogen) atoms. The fourth-order valence-electron chi connectivity index (χ4n) is 3.14. The first kappa shape index (κ1) is 21.5. The smallest absolute Gasteiger partial charge is 0.338 e. The Balaban J connectivity index is 1.73. The molecule has 4 rings (SSSR count). The Hall–Kier alpha value is -3.78. The number of carbonyl (C=O) groups is 2. The standard InChI is InChI=1S/C20H24N9O6P/c1-11-13(15-9-22-29(3)27-15)6-7-21-18(11)23-14-8-16(24-19(30)12-4-5-12)25-26-17(14)20(31)28(2)10-35-36(32,33)34/h6-9,12H,4-5,10H2,1-3H3,(H2,32,33,34)(H2,21,23,24,25,30)/i2D3. The van der Waals surface area contributed by atoms with Gasteiger partial charge in [-0.3, -0.25) is 14.1 Å². The average Bonchev–Trinajstić information content (AvgIpc) is 3.60. The highest BCUT2D eigenvalue weighted by atomic mass is 31.2. The first-order chi connectivity index (χ1) is 18.2. The third-order valence-corrected chi connectivity index (χ3v) is 5.58. The van der Waals surface area contributed by atoms with Crippen LogP contribution in [-0.4, -0.2) is 70.4 Å². The zero-order valence-electron chi connectivity index (χ0n) is 22.1. The van der Waals surface area contributed by atoms with E-state index in [9.17, 15) is 14.2 Å². The number of nitrogens with zero attached hydrogens (tertiary/aromatic N) is 7. The molecule has 1 aliphatic rings. The molecule has 0 spiro atoms. The summed E-state index contributed by atoms with van der Waals surface area (Å²) in [6.45, 7) is -2.70. The second kappa shape index (κ2) is 10.1. The average molecular weight is 520 g/mol. The summed E-state index contributed by atoms with van der Waals surface area (Å²) >= 11 is 0. The first-order valence-electron chi connectivity index (χ1n) is 12.0. The van der Waals surface area contributed by atoms with E-state index in [4.69, 9.17) is 13.9 Å². The number of carbonyl (C=O) groups excluding carboxylic acids is 2. The van der Waals surface area contributed by atoms with E-state index in [2.05, 4.69) is 40.5 Å². The highest BCUT2D eigenvalue weighted by molar-refractivity contribution is 7.46. The van der Waals surface area contributed by atoms with E-state index < -0.39 is 33.1 Å². The number of nitrogens with one attached hydrogen (secondary N) is 2. The topological polar surface area (TPSA) is 198 Å². The van der Waals surface area contributed by atoms with Crippen LogP contribution in [0.4, 0.5) is 17.3 Å². The minimum Gasteiger partial charge on any atom is -0.338 e. The van der Waals surface area contributed by atoms with Gasteiger partial charge in [0, 0.05) is 47.4 Å². The molecule has 3 heterocycles. The summed E-state index contributed by atoms with van der Waals surface area (Å²) in [5.74, 6) is -1.49. The van der Waals surface area contributed by atoms with Crippen LogP contribution in [0.2, 0.25) is 0 Å². The lowest BCUT2D eigenvalue weighted by molar-refractivity contribution is -0.117. The van der Waals surface area contributed by atoms with Crippen LogP contribution in [0.5, 0.6) is 0 Å². The second-order valence-corrected chi connectivity index (χ2v) is 9.15. The summed E-state index contributed by atoms with van der Waals surface area (Å²) in [5.41, 5.74) is 1.19. The number of phosphoric acid groups is 1. The van der Waals surface area contributed by atoms with Crippen LogP contribution in [0, 0.1) is 12.8 Å². The molecule has 1 aliphatic carbocycles. The van der Waals surface area contributed by atoms with Gasteiger partial charge in [0.2, 0.25) is 5.91 Å². The summed E-state index contributed by atoms with van der Waals surface area (Å²) in [4.78, 5) is 49.4. The number of phosphoric ester groups is 1. The van der Waals surface area contributed by atoms with Gasteiger partial charge in [-0.15, -0.1) is 10.2 Å². The number of amides is 2. The molecule has 3 aromatic heterocycles. The van der Waals surface area contributed by atoms with E-state index in [1.807, 2.05) is 0 Å². The van der Waals surface area contributed by atoms with E-state index in [1.54, 1.807) is 26.2 Å². The molecular weight excluding hydrogens is 493 g/mol. The summed E-state index contributed by atoms with van der Waals surface area (Å²) in [5, 5.41) is 21.5. The number of hydrogen-bond acceptors (Lipinski definition) is 10. The first-order valence-corrected chi connectivity index (χ1v) is 12.1. The molecule has 2 amide bonds. The Kier molecular flexibility index (Phi) is 6.01. The van der Waals surface area contributed by atoms with Crippen LogP contribution in [0.15, 0.2) is 24.5 Å². The number of rotatable bonds is 9. The second-order valence-electron chi connectivity index (χ2n) is 7.91. The number of aromatic nitrogens is 6. The minimum absolute atomic E-state index is 0.0133. The summed E-state index contributed by atoms with van der Waals surface area (Å²) in [7, 11) is -3.46. The van der Waals surface area contributed by atoms with E-state index in [0.717, 1.165) is 12.8 Å². The lowest BCUT2D eigenvalue weighted by Crippen LogP contribution is -2.30. The van der Waals surface area contributed by atoms with Gasteiger partial charge in [-0.25, -0.2) is 9.55 Å². The normalized spacial score (nSPS) is 14.9. The summed E-state index contributed by atoms with van der Waals surface area (Å²) in [6.07, 6.45) is 4.49. The van der Waals surface area contributed by atoms with Crippen molar-refractivity contribution in [3.8, 4) is 11.3 Å². The van der Waals surface area contributed by atoms with Crippen LogP contribution < -0.4 is 10.6 Å². The van der Waals surface area contributed by atoms with Crippen LogP contribution in [0.25, 0.3) is 11.3 Å². The highest BCUT2D eigenvalue weighted by Gasteiger charge is 2.30. The molecular formula is C20H24N9O6P. The van der Waals surface area contributed by atoms with Crippen molar-refractivity contribution in [1.82, 2.24) is 35.1 Å². The van der Waals surface area contributed by atoms with Crippen LogP contribution in [-0.2, 0) is 20.9 Å². The molecule has 1 saturated carbocycles. The fraction of sp³-hybridized carbons (Fsp3) is 0.350. The Morgan fingerprint density at radius 2 is 2.14 bits per heavy atom. The van der Waals surface area contributed by atoms with Crippen molar-refractivity contribution in [2.75, 3.05) is 24.3 Å². The van der Waals surface area contributed by atoms with Crippen LogP contribution in [0.3, 0.4) is 0 Å². The maximum Gasteiger partial charge on any atom is 0.471 e.